The quantitative estimate of drug-likeness (QED) is 0.0261. The predicted molar refractivity (Wildman–Crippen MR) is 353 cm³/mol. The van der Waals surface area contributed by atoms with E-state index in [4.69, 9.17) is 14.2 Å². The van der Waals surface area contributed by atoms with E-state index in [0.29, 0.717) is 19.3 Å². The molecule has 466 valence electrons. The largest absolute Gasteiger partial charge is 0.462 e. The average molecular weight is 1130 g/mol. The van der Waals surface area contributed by atoms with Crippen molar-refractivity contribution in [3.8, 4) is 0 Å². The van der Waals surface area contributed by atoms with Crippen LogP contribution >= 0.6 is 0 Å². The average Bonchev–Trinajstić information content (AvgIpc) is 3.46. The number of hydrogen-bond acceptors (Lipinski definition) is 6. The van der Waals surface area contributed by atoms with Crippen molar-refractivity contribution >= 4 is 17.9 Å². The third kappa shape index (κ3) is 67.0. The lowest BCUT2D eigenvalue weighted by Gasteiger charge is -2.18. The molecule has 0 bridgehead atoms. The van der Waals surface area contributed by atoms with Crippen LogP contribution in [-0.4, -0.2) is 37.2 Å². The number of ether oxygens (including phenoxy) is 3. The molecule has 6 heteroatoms. The Labute approximate surface area is 502 Å². The van der Waals surface area contributed by atoms with Crippen LogP contribution in [0.1, 0.15) is 342 Å². The lowest BCUT2D eigenvalue weighted by atomic mass is 10.0. The van der Waals surface area contributed by atoms with Crippen molar-refractivity contribution in [3.63, 3.8) is 0 Å². The van der Waals surface area contributed by atoms with Gasteiger partial charge in [-0.15, -0.1) is 0 Å². The predicted octanol–water partition coefficient (Wildman–Crippen LogP) is 24.0. The molecule has 0 aromatic heterocycles. The zero-order valence-corrected chi connectivity index (χ0v) is 53.5. The third-order valence-electron chi connectivity index (χ3n) is 15.1. The van der Waals surface area contributed by atoms with Gasteiger partial charge in [-0.3, -0.25) is 14.4 Å². The van der Waals surface area contributed by atoms with Gasteiger partial charge >= 0.3 is 17.9 Å². The second-order valence-electron chi connectivity index (χ2n) is 23.1. The Morgan fingerprint density at radius 3 is 0.753 bits per heavy atom. The number of rotatable bonds is 63. The van der Waals surface area contributed by atoms with Gasteiger partial charge < -0.3 is 14.2 Å². The van der Waals surface area contributed by atoms with Gasteiger partial charge in [0.15, 0.2) is 6.10 Å². The van der Waals surface area contributed by atoms with Crippen molar-refractivity contribution in [1.29, 1.82) is 0 Å². The first-order valence-corrected chi connectivity index (χ1v) is 34.7. The van der Waals surface area contributed by atoms with Gasteiger partial charge in [0.25, 0.3) is 0 Å². The zero-order valence-electron chi connectivity index (χ0n) is 53.5. The molecule has 0 spiro atoms. The van der Waals surface area contributed by atoms with E-state index in [1.54, 1.807) is 0 Å². The van der Waals surface area contributed by atoms with E-state index in [1.807, 2.05) is 0 Å². The van der Waals surface area contributed by atoms with Gasteiger partial charge in [-0.05, 0) is 103 Å². The lowest BCUT2D eigenvalue weighted by Crippen LogP contribution is -2.30. The van der Waals surface area contributed by atoms with Crippen molar-refractivity contribution in [3.05, 3.63) is 97.2 Å². The maximum absolute atomic E-state index is 12.9. The van der Waals surface area contributed by atoms with Crippen LogP contribution in [0.5, 0.6) is 0 Å². The summed E-state index contributed by atoms with van der Waals surface area (Å²) in [5, 5.41) is 0. The molecule has 6 nitrogen and oxygen atoms in total. The fourth-order valence-electron chi connectivity index (χ4n) is 9.89. The fraction of sp³-hybridized carbons (Fsp3) is 0.747. The van der Waals surface area contributed by atoms with Crippen LogP contribution in [0.15, 0.2) is 97.2 Å². The van der Waals surface area contributed by atoms with Crippen LogP contribution in [0.3, 0.4) is 0 Å². The van der Waals surface area contributed by atoms with E-state index >= 15 is 0 Å². The highest BCUT2D eigenvalue weighted by Gasteiger charge is 2.19. The molecular weight excluding hydrogens is 997 g/mol. The van der Waals surface area contributed by atoms with Crippen LogP contribution in [0, 0.1) is 0 Å². The minimum Gasteiger partial charge on any atom is -0.462 e. The summed E-state index contributed by atoms with van der Waals surface area (Å²) in [5.74, 6) is -0.884. The van der Waals surface area contributed by atoms with E-state index in [0.717, 1.165) is 109 Å². The Morgan fingerprint density at radius 2 is 0.481 bits per heavy atom. The molecule has 0 radical (unpaired) electrons. The topological polar surface area (TPSA) is 78.9 Å². The summed E-state index contributed by atoms with van der Waals surface area (Å²) in [6, 6.07) is 0. The molecule has 0 aliphatic heterocycles. The van der Waals surface area contributed by atoms with Gasteiger partial charge in [-0.1, -0.05) is 317 Å². The highest BCUT2D eigenvalue weighted by molar-refractivity contribution is 5.71. The Bertz CT molecular complexity index is 1580. The number of hydrogen-bond donors (Lipinski definition) is 0. The standard InChI is InChI=1S/C75H130O6/c1-4-7-10-13-16-18-20-22-24-26-28-30-32-33-34-35-36-37-38-39-40-41-43-44-46-48-50-52-54-56-59-62-65-68-74(77)80-71-72(70-79-73(76)67-64-61-58-15-12-9-6-3)81-75(78)69-66-63-60-57-55-53-51-49-47-45-42-31-29-27-25-23-21-19-17-14-11-8-5-2/h8,11,17,19-20,22-23,25-26,28-29,31-33,45,47,72H,4-7,9-10,12-16,18,21,24,27,30,34-44,46,48-71H2,1-3H3/b11-8-,19-17-,22-20-,25-23-,28-26-,31-29-,33-32-,47-45-. The van der Waals surface area contributed by atoms with Crippen LogP contribution in [-0.2, 0) is 28.6 Å². The molecule has 0 fully saturated rings. The van der Waals surface area contributed by atoms with Crippen molar-refractivity contribution in [1.82, 2.24) is 0 Å². The third-order valence-corrected chi connectivity index (χ3v) is 15.1. The number of allylic oxidation sites excluding steroid dienone is 16. The molecule has 0 saturated heterocycles. The van der Waals surface area contributed by atoms with Gasteiger partial charge in [-0.25, -0.2) is 0 Å². The van der Waals surface area contributed by atoms with Gasteiger partial charge in [-0.2, -0.15) is 0 Å². The molecule has 81 heavy (non-hydrogen) atoms. The molecule has 0 aromatic rings. The number of unbranched alkanes of at least 4 members (excludes halogenated alkanes) is 36. The minimum absolute atomic E-state index is 0.0789. The van der Waals surface area contributed by atoms with Crippen molar-refractivity contribution < 1.29 is 28.6 Å². The molecule has 0 amide bonds. The van der Waals surface area contributed by atoms with E-state index in [-0.39, 0.29) is 31.1 Å². The highest BCUT2D eigenvalue weighted by atomic mass is 16.6. The number of carbonyl (C=O) groups is 3. The second kappa shape index (κ2) is 68.8. The Balaban J connectivity index is 4.06. The molecule has 0 aliphatic carbocycles. The van der Waals surface area contributed by atoms with Crippen molar-refractivity contribution in [2.75, 3.05) is 13.2 Å². The zero-order chi connectivity index (χ0) is 58.5. The summed E-state index contributed by atoms with van der Waals surface area (Å²) in [6.07, 6.45) is 93.2. The monoisotopic (exact) mass is 1130 g/mol. The van der Waals surface area contributed by atoms with Gasteiger partial charge in [0.05, 0.1) is 0 Å². The molecule has 0 saturated carbocycles. The molecule has 1 unspecified atom stereocenters. The minimum atomic E-state index is -0.781. The SMILES string of the molecule is CC/C=C\C/C=C\C/C=C\C/C=C\C/C=C\CCCCCCCCCC(=O)OC(COC(=O)CCCCCCCCC)COC(=O)CCCCCCCCCCCCCCCCCCCC/C=C\C/C=C\C/C=C\CCCCCCC. The first-order chi connectivity index (χ1) is 40.0. The second-order valence-corrected chi connectivity index (χ2v) is 23.1. The van der Waals surface area contributed by atoms with Crippen LogP contribution in [0.2, 0.25) is 0 Å². The number of carbonyl (C=O) groups excluding carboxylic acids is 3. The smallest absolute Gasteiger partial charge is 0.306 e. The molecule has 0 aliphatic rings. The summed E-state index contributed by atoms with van der Waals surface area (Å²) in [6.45, 7) is 6.49. The summed E-state index contributed by atoms with van der Waals surface area (Å²) in [5.41, 5.74) is 0. The van der Waals surface area contributed by atoms with Crippen LogP contribution < -0.4 is 0 Å². The van der Waals surface area contributed by atoms with Crippen LogP contribution in [0.25, 0.3) is 0 Å². The maximum atomic E-state index is 12.9. The first kappa shape index (κ1) is 77.3. The van der Waals surface area contributed by atoms with Crippen molar-refractivity contribution in [2.45, 2.75) is 348 Å². The summed E-state index contributed by atoms with van der Waals surface area (Å²) in [4.78, 5) is 38.2. The molecule has 0 aromatic carbocycles. The van der Waals surface area contributed by atoms with E-state index in [2.05, 4.69) is 118 Å². The lowest BCUT2D eigenvalue weighted by molar-refractivity contribution is -0.167. The van der Waals surface area contributed by atoms with E-state index in [9.17, 15) is 14.4 Å². The van der Waals surface area contributed by atoms with Gasteiger partial charge in [0, 0.05) is 19.3 Å². The molecular formula is C75H130O6. The molecule has 0 rings (SSSR count). The van der Waals surface area contributed by atoms with E-state index in [1.165, 1.54) is 193 Å². The molecule has 0 N–H and O–H groups in total. The van der Waals surface area contributed by atoms with Crippen molar-refractivity contribution in [2.24, 2.45) is 0 Å². The maximum Gasteiger partial charge on any atom is 0.306 e. The normalized spacial score (nSPS) is 12.7. The van der Waals surface area contributed by atoms with Gasteiger partial charge in [0.2, 0.25) is 0 Å². The molecule has 1 atom stereocenters. The van der Waals surface area contributed by atoms with Gasteiger partial charge in [0.1, 0.15) is 13.2 Å². The summed E-state index contributed by atoms with van der Waals surface area (Å²) >= 11 is 0. The Kier molecular flexibility index (Phi) is 65.7. The Hall–Kier alpha value is -3.67. The number of esters is 3. The summed E-state index contributed by atoms with van der Waals surface area (Å²) < 4.78 is 16.9. The van der Waals surface area contributed by atoms with E-state index < -0.39 is 6.10 Å². The highest BCUT2D eigenvalue weighted by Crippen LogP contribution is 2.17. The fourth-order valence-corrected chi connectivity index (χ4v) is 9.89. The van der Waals surface area contributed by atoms with Crippen LogP contribution in [0.4, 0.5) is 0 Å². The molecule has 0 heterocycles. The first-order valence-electron chi connectivity index (χ1n) is 34.7. The summed E-state index contributed by atoms with van der Waals surface area (Å²) in [7, 11) is 0. The Morgan fingerprint density at radius 1 is 0.259 bits per heavy atom.